The molecule has 3 nitrogen and oxygen atoms in total. The summed E-state index contributed by atoms with van der Waals surface area (Å²) in [5.74, 6) is 0. The lowest BCUT2D eigenvalue weighted by Crippen LogP contribution is -2.02. The van der Waals surface area contributed by atoms with E-state index in [1.165, 1.54) is 5.56 Å². The van der Waals surface area contributed by atoms with Gasteiger partial charge in [-0.05, 0) is 46.6 Å². The Hall–Kier alpha value is -1.13. The molecule has 2 N–H and O–H groups in total. The van der Waals surface area contributed by atoms with Gasteiger partial charge < -0.3 is 5.73 Å². The highest BCUT2D eigenvalue weighted by Gasteiger charge is 1.98. The van der Waals surface area contributed by atoms with Crippen molar-refractivity contribution < 1.29 is 0 Å². The number of rotatable bonds is 3. The molecule has 2 rings (SSSR count). The maximum Gasteiger partial charge on any atom is 0.0646 e. The molecule has 2 aromatic rings. The summed E-state index contributed by atoms with van der Waals surface area (Å²) in [4.78, 5) is 0. The third kappa shape index (κ3) is 2.46. The number of halogens is 1. The fourth-order valence-electron chi connectivity index (χ4n) is 1.42. The van der Waals surface area contributed by atoms with Crippen molar-refractivity contribution in [3.05, 3.63) is 46.7 Å². The van der Waals surface area contributed by atoms with Gasteiger partial charge in [0.25, 0.3) is 0 Å². The van der Waals surface area contributed by atoms with E-state index >= 15 is 0 Å². The van der Waals surface area contributed by atoms with Crippen molar-refractivity contribution in [3.63, 3.8) is 0 Å². The quantitative estimate of drug-likeness (QED) is 0.924. The van der Waals surface area contributed by atoms with E-state index in [1.807, 2.05) is 23.0 Å². The number of aromatic nitrogens is 2. The maximum atomic E-state index is 5.49. The van der Waals surface area contributed by atoms with E-state index in [4.69, 9.17) is 5.73 Å². The molecule has 0 aliphatic carbocycles. The molecule has 0 amide bonds. The second kappa shape index (κ2) is 4.59. The molecule has 4 heteroatoms. The second-order valence-electron chi connectivity index (χ2n) is 3.31. The summed E-state index contributed by atoms with van der Waals surface area (Å²) in [6.45, 7) is 0.687. The highest BCUT2D eigenvalue weighted by atomic mass is 79.9. The molecule has 0 unspecified atom stereocenters. The zero-order chi connectivity index (χ0) is 10.7. The van der Waals surface area contributed by atoms with Gasteiger partial charge in [-0.1, -0.05) is 12.1 Å². The molecule has 0 saturated carbocycles. The van der Waals surface area contributed by atoms with Crippen LogP contribution < -0.4 is 5.73 Å². The molecule has 0 aliphatic rings. The summed E-state index contributed by atoms with van der Waals surface area (Å²) in [5.41, 5.74) is 7.80. The summed E-state index contributed by atoms with van der Waals surface area (Å²) < 4.78 is 2.81. The van der Waals surface area contributed by atoms with Crippen molar-refractivity contribution in [2.75, 3.05) is 6.54 Å². The molecule has 0 radical (unpaired) electrons. The standard InChI is InChI=1S/C11H12BrN3/c12-10-7-14-15(8-10)11-3-1-9(2-4-11)5-6-13/h1-4,7-8H,5-6,13H2. The minimum atomic E-state index is 0.687. The van der Waals surface area contributed by atoms with Crippen molar-refractivity contribution >= 4 is 15.9 Å². The van der Waals surface area contributed by atoms with Crippen molar-refractivity contribution in [2.45, 2.75) is 6.42 Å². The molecule has 1 aromatic carbocycles. The van der Waals surface area contributed by atoms with Gasteiger partial charge >= 0.3 is 0 Å². The number of benzene rings is 1. The zero-order valence-electron chi connectivity index (χ0n) is 8.23. The van der Waals surface area contributed by atoms with Gasteiger partial charge in [0.1, 0.15) is 0 Å². The van der Waals surface area contributed by atoms with E-state index in [2.05, 4.69) is 33.2 Å². The third-order valence-electron chi connectivity index (χ3n) is 2.18. The summed E-state index contributed by atoms with van der Waals surface area (Å²) >= 11 is 3.37. The van der Waals surface area contributed by atoms with Crippen LogP contribution >= 0.6 is 15.9 Å². The first kappa shape index (κ1) is 10.4. The number of nitrogens with zero attached hydrogens (tertiary/aromatic N) is 2. The normalized spacial score (nSPS) is 10.5. The Morgan fingerprint density at radius 2 is 2.00 bits per heavy atom. The first-order chi connectivity index (χ1) is 7.29. The fourth-order valence-corrected chi connectivity index (χ4v) is 1.71. The molecule has 78 valence electrons. The summed E-state index contributed by atoms with van der Waals surface area (Å²) in [7, 11) is 0. The SMILES string of the molecule is NCCc1ccc(-n2cc(Br)cn2)cc1. The van der Waals surface area contributed by atoms with E-state index < -0.39 is 0 Å². The molecule has 0 aliphatic heterocycles. The van der Waals surface area contributed by atoms with Crippen LogP contribution in [0.25, 0.3) is 5.69 Å². The van der Waals surface area contributed by atoms with Crippen LogP contribution in [0.1, 0.15) is 5.56 Å². The van der Waals surface area contributed by atoms with E-state index in [9.17, 15) is 0 Å². The van der Waals surface area contributed by atoms with Gasteiger partial charge in [-0.2, -0.15) is 5.10 Å². The van der Waals surface area contributed by atoms with Gasteiger partial charge in [-0.15, -0.1) is 0 Å². The predicted molar refractivity (Wildman–Crippen MR) is 64.0 cm³/mol. The average Bonchev–Trinajstić information content (AvgIpc) is 2.67. The van der Waals surface area contributed by atoms with Crippen LogP contribution in [0.3, 0.4) is 0 Å². The molecule has 0 bridgehead atoms. The van der Waals surface area contributed by atoms with E-state index in [0.717, 1.165) is 16.6 Å². The lowest BCUT2D eigenvalue weighted by atomic mass is 10.1. The van der Waals surface area contributed by atoms with E-state index in [0.29, 0.717) is 6.54 Å². The van der Waals surface area contributed by atoms with Gasteiger partial charge in [-0.25, -0.2) is 4.68 Å². The number of hydrogen-bond acceptors (Lipinski definition) is 2. The molecular weight excluding hydrogens is 254 g/mol. The highest BCUT2D eigenvalue weighted by molar-refractivity contribution is 9.10. The van der Waals surface area contributed by atoms with Gasteiger partial charge in [0, 0.05) is 6.20 Å². The first-order valence-electron chi connectivity index (χ1n) is 4.79. The largest absolute Gasteiger partial charge is 0.330 e. The first-order valence-corrected chi connectivity index (χ1v) is 5.58. The topological polar surface area (TPSA) is 43.8 Å². The minimum absolute atomic E-state index is 0.687. The summed E-state index contributed by atoms with van der Waals surface area (Å²) in [6.07, 6.45) is 4.62. The molecule has 0 atom stereocenters. The lowest BCUT2D eigenvalue weighted by molar-refractivity contribution is 0.877. The van der Waals surface area contributed by atoms with E-state index in [1.54, 1.807) is 6.20 Å². The van der Waals surface area contributed by atoms with E-state index in [-0.39, 0.29) is 0 Å². The Morgan fingerprint density at radius 1 is 1.27 bits per heavy atom. The van der Waals surface area contributed by atoms with Crippen LogP contribution in [-0.2, 0) is 6.42 Å². The Balaban J connectivity index is 2.23. The van der Waals surface area contributed by atoms with Gasteiger partial charge in [0.05, 0.1) is 16.4 Å². The highest BCUT2D eigenvalue weighted by Crippen LogP contribution is 2.13. The molecule has 0 fully saturated rings. The summed E-state index contributed by atoms with van der Waals surface area (Å²) in [6, 6.07) is 8.25. The maximum absolute atomic E-state index is 5.49. The smallest absolute Gasteiger partial charge is 0.0646 e. The van der Waals surface area contributed by atoms with Crippen molar-refractivity contribution in [3.8, 4) is 5.69 Å². The lowest BCUT2D eigenvalue weighted by Gasteiger charge is -2.02. The zero-order valence-corrected chi connectivity index (χ0v) is 9.81. The minimum Gasteiger partial charge on any atom is -0.330 e. The second-order valence-corrected chi connectivity index (χ2v) is 4.22. The monoisotopic (exact) mass is 265 g/mol. The molecule has 0 saturated heterocycles. The third-order valence-corrected chi connectivity index (χ3v) is 2.59. The average molecular weight is 266 g/mol. The van der Waals surface area contributed by atoms with Gasteiger partial charge in [0.2, 0.25) is 0 Å². The van der Waals surface area contributed by atoms with Crippen molar-refractivity contribution in [2.24, 2.45) is 5.73 Å². The fraction of sp³-hybridized carbons (Fsp3) is 0.182. The molecule has 0 spiro atoms. The van der Waals surface area contributed by atoms with Gasteiger partial charge in [0.15, 0.2) is 0 Å². The van der Waals surface area contributed by atoms with Crippen LogP contribution in [0.2, 0.25) is 0 Å². The van der Waals surface area contributed by atoms with Crippen molar-refractivity contribution in [1.29, 1.82) is 0 Å². The van der Waals surface area contributed by atoms with Crippen LogP contribution in [-0.4, -0.2) is 16.3 Å². The number of hydrogen-bond donors (Lipinski definition) is 1. The molecular formula is C11H12BrN3. The molecule has 15 heavy (non-hydrogen) atoms. The van der Waals surface area contributed by atoms with Gasteiger partial charge in [-0.3, -0.25) is 0 Å². The van der Waals surface area contributed by atoms with Crippen LogP contribution in [0, 0.1) is 0 Å². The Morgan fingerprint density at radius 3 is 2.53 bits per heavy atom. The van der Waals surface area contributed by atoms with Crippen LogP contribution in [0.4, 0.5) is 0 Å². The van der Waals surface area contributed by atoms with Crippen LogP contribution in [0.5, 0.6) is 0 Å². The number of nitrogens with two attached hydrogens (primary N) is 1. The Bertz CT molecular complexity index is 433. The summed E-state index contributed by atoms with van der Waals surface area (Å²) in [5, 5.41) is 4.21. The predicted octanol–water partition coefficient (Wildman–Crippen LogP) is 2.14. The van der Waals surface area contributed by atoms with Crippen molar-refractivity contribution in [1.82, 2.24) is 9.78 Å². The molecule has 1 heterocycles. The van der Waals surface area contributed by atoms with Crippen LogP contribution in [0.15, 0.2) is 41.1 Å². The molecule has 1 aromatic heterocycles. The Labute approximate surface area is 97.0 Å². The Kier molecular flexibility index (Phi) is 3.18.